The Labute approximate surface area is 161 Å². The Morgan fingerprint density at radius 1 is 1.18 bits per heavy atom. The Morgan fingerprint density at radius 3 is 2.50 bits per heavy atom. The lowest BCUT2D eigenvalue weighted by atomic mass is 9.91. The predicted octanol–water partition coefficient (Wildman–Crippen LogP) is 5.98. The lowest BCUT2D eigenvalue weighted by Gasteiger charge is -2.37. The molecule has 0 N–H and O–H groups in total. The van der Waals surface area contributed by atoms with Crippen LogP contribution in [-0.2, 0) is 19.6 Å². The molecule has 0 bridgehead atoms. The second-order valence-corrected chi connectivity index (χ2v) is 7.37. The van der Waals surface area contributed by atoms with Crippen molar-refractivity contribution in [2.24, 2.45) is 7.05 Å². The Kier molecular flexibility index (Phi) is 5.68. The summed E-state index contributed by atoms with van der Waals surface area (Å²) >= 11 is 0. The molecule has 0 saturated carbocycles. The SMILES string of the molecule is CCCC(C)N1CCCc2cc(-c3cn(C)nc3C(F)(F)F)c(C(F)F)cc21. The van der Waals surface area contributed by atoms with Crippen LogP contribution in [-0.4, -0.2) is 22.4 Å². The van der Waals surface area contributed by atoms with E-state index >= 15 is 0 Å². The Hall–Kier alpha value is -2.12. The summed E-state index contributed by atoms with van der Waals surface area (Å²) in [5.41, 5.74) is -0.378. The molecule has 1 aromatic heterocycles. The molecule has 0 radical (unpaired) electrons. The molecule has 3 rings (SSSR count). The predicted molar refractivity (Wildman–Crippen MR) is 98.6 cm³/mol. The minimum Gasteiger partial charge on any atom is -0.369 e. The topological polar surface area (TPSA) is 21.1 Å². The Morgan fingerprint density at radius 2 is 1.89 bits per heavy atom. The van der Waals surface area contributed by atoms with Crippen LogP contribution in [0.15, 0.2) is 18.3 Å². The maximum absolute atomic E-state index is 13.9. The highest BCUT2D eigenvalue weighted by molar-refractivity contribution is 5.75. The number of anilines is 1. The molecule has 28 heavy (non-hydrogen) atoms. The summed E-state index contributed by atoms with van der Waals surface area (Å²) < 4.78 is 69.0. The highest BCUT2D eigenvalue weighted by atomic mass is 19.4. The molecule has 154 valence electrons. The van der Waals surface area contributed by atoms with Crippen LogP contribution in [0.4, 0.5) is 27.6 Å². The van der Waals surface area contributed by atoms with Crippen molar-refractivity contribution in [3.63, 3.8) is 0 Å². The monoisotopic (exact) mass is 401 g/mol. The van der Waals surface area contributed by atoms with Gasteiger partial charge in [0.1, 0.15) is 0 Å². The fraction of sp³-hybridized carbons (Fsp3) is 0.550. The van der Waals surface area contributed by atoms with Crippen LogP contribution >= 0.6 is 0 Å². The smallest absolute Gasteiger partial charge is 0.369 e. The van der Waals surface area contributed by atoms with Gasteiger partial charge in [0.2, 0.25) is 0 Å². The molecule has 0 aliphatic carbocycles. The maximum atomic E-state index is 13.9. The van der Waals surface area contributed by atoms with E-state index in [1.807, 2.05) is 0 Å². The molecule has 0 amide bonds. The van der Waals surface area contributed by atoms with Gasteiger partial charge < -0.3 is 4.90 Å². The molecule has 3 nitrogen and oxygen atoms in total. The van der Waals surface area contributed by atoms with E-state index in [0.717, 1.165) is 42.2 Å². The number of nitrogens with zero attached hydrogens (tertiary/aromatic N) is 3. The first-order valence-electron chi connectivity index (χ1n) is 9.46. The number of fused-ring (bicyclic) bond motifs is 1. The van der Waals surface area contributed by atoms with Gasteiger partial charge in [-0.1, -0.05) is 13.3 Å². The molecule has 2 aromatic rings. The molecule has 1 unspecified atom stereocenters. The van der Waals surface area contributed by atoms with Crippen LogP contribution in [0.25, 0.3) is 11.1 Å². The zero-order valence-electron chi connectivity index (χ0n) is 16.2. The van der Waals surface area contributed by atoms with Crippen LogP contribution in [0.5, 0.6) is 0 Å². The minimum absolute atomic E-state index is 0.0841. The second kappa shape index (κ2) is 7.72. The van der Waals surface area contributed by atoms with Gasteiger partial charge in [-0.05, 0) is 49.4 Å². The summed E-state index contributed by atoms with van der Waals surface area (Å²) in [7, 11) is 1.35. The van der Waals surface area contributed by atoms with Crippen LogP contribution in [0.1, 0.15) is 56.4 Å². The average Bonchev–Trinajstić information content (AvgIpc) is 3.02. The van der Waals surface area contributed by atoms with E-state index in [0.29, 0.717) is 12.1 Å². The lowest BCUT2D eigenvalue weighted by Crippen LogP contribution is -2.37. The zero-order valence-corrected chi connectivity index (χ0v) is 16.2. The van der Waals surface area contributed by atoms with Gasteiger partial charge in [0.15, 0.2) is 5.69 Å². The first-order valence-corrected chi connectivity index (χ1v) is 9.46. The molecule has 0 saturated heterocycles. The largest absolute Gasteiger partial charge is 0.435 e. The first kappa shape index (κ1) is 20.6. The number of rotatable bonds is 5. The number of hydrogen-bond donors (Lipinski definition) is 0. The quantitative estimate of drug-likeness (QED) is 0.574. The third kappa shape index (κ3) is 3.86. The number of aryl methyl sites for hydroxylation is 2. The van der Waals surface area contributed by atoms with Crippen molar-refractivity contribution >= 4 is 5.69 Å². The number of benzene rings is 1. The van der Waals surface area contributed by atoms with Crippen molar-refractivity contribution in [3.8, 4) is 11.1 Å². The van der Waals surface area contributed by atoms with Crippen molar-refractivity contribution in [1.29, 1.82) is 0 Å². The molecule has 1 atom stereocenters. The second-order valence-electron chi connectivity index (χ2n) is 7.37. The molecule has 8 heteroatoms. The number of hydrogen-bond acceptors (Lipinski definition) is 2. The minimum atomic E-state index is -4.71. The normalized spacial score (nSPS) is 15.8. The maximum Gasteiger partial charge on any atom is 0.435 e. The van der Waals surface area contributed by atoms with Crippen molar-refractivity contribution in [1.82, 2.24) is 9.78 Å². The molecule has 1 aliphatic heterocycles. The van der Waals surface area contributed by atoms with E-state index in [-0.39, 0.29) is 22.7 Å². The van der Waals surface area contributed by atoms with Gasteiger partial charge in [0.25, 0.3) is 6.43 Å². The molecule has 1 aliphatic rings. The number of alkyl halides is 5. The summed E-state index contributed by atoms with van der Waals surface area (Å²) in [4.78, 5) is 2.10. The van der Waals surface area contributed by atoms with E-state index in [4.69, 9.17) is 0 Å². The summed E-state index contributed by atoms with van der Waals surface area (Å²) in [6, 6.07) is 3.08. The molecule has 0 fully saturated rings. The van der Waals surface area contributed by atoms with Crippen LogP contribution in [0, 0.1) is 0 Å². The van der Waals surface area contributed by atoms with Gasteiger partial charge in [-0.2, -0.15) is 18.3 Å². The summed E-state index contributed by atoms with van der Waals surface area (Å²) in [5, 5.41) is 3.47. The lowest BCUT2D eigenvalue weighted by molar-refractivity contribution is -0.141. The van der Waals surface area contributed by atoms with Gasteiger partial charge in [0.05, 0.1) is 0 Å². The number of aromatic nitrogens is 2. The third-order valence-electron chi connectivity index (χ3n) is 5.27. The molecular formula is C20H24F5N3. The van der Waals surface area contributed by atoms with E-state index in [1.54, 1.807) is 0 Å². The molecule has 0 spiro atoms. The summed E-state index contributed by atoms with van der Waals surface area (Å²) in [5.74, 6) is 0. The van der Waals surface area contributed by atoms with Gasteiger partial charge in [-0.15, -0.1) is 0 Å². The fourth-order valence-corrected chi connectivity index (χ4v) is 4.02. The third-order valence-corrected chi connectivity index (χ3v) is 5.27. The van der Waals surface area contributed by atoms with Crippen molar-refractivity contribution in [2.45, 2.75) is 58.2 Å². The van der Waals surface area contributed by atoms with Gasteiger partial charge >= 0.3 is 6.18 Å². The van der Waals surface area contributed by atoms with Crippen LogP contribution < -0.4 is 4.90 Å². The average molecular weight is 401 g/mol. The zero-order chi connectivity index (χ0) is 20.6. The molecule has 2 heterocycles. The van der Waals surface area contributed by atoms with Gasteiger partial charge in [0, 0.05) is 42.6 Å². The summed E-state index contributed by atoms with van der Waals surface area (Å²) in [6.45, 7) is 4.88. The van der Waals surface area contributed by atoms with Crippen LogP contribution in [0.3, 0.4) is 0 Å². The van der Waals surface area contributed by atoms with E-state index in [1.165, 1.54) is 19.2 Å². The molecule has 1 aromatic carbocycles. The highest BCUT2D eigenvalue weighted by Crippen LogP contribution is 2.43. The Balaban J connectivity index is 2.18. The van der Waals surface area contributed by atoms with Crippen molar-refractivity contribution in [2.75, 3.05) is 11.4 Å². The summed E-state index contributed by atoms with van der Waals surface area (Å²) in [6.07, 6.45) is -3.05. The number of halogens is 5. The van der Waals surface area contributed by atoms with Gasteiger partial charge in [-0.25, -0.2) is 8.78 Å². The van der Waals surface area contributed by atoms with Gasteiger partial charge in [-0.3, -0.25) is 4.68 Å². The van der Waals surface area contributed by atoms with E-state index in [2.05, 4.69) is 23.8 Å². The highest BCUT2D eigenvalue weighted by Gasteiger charge is 2.38. The van der Waals surface area contributed by atoms with E-state index in [9.17, 15) is 22.0 Å². The van der Waals surface area contributed by atoms with Crippen molar-refractivity contribution < 1.29 is 22.0 Å². The van der Waals surface area contributed by atoms with Crippen molar-refractivity contribution in [3.05, 3.63) is 35.2 Å². The van der Waals surface area contributed by atoms with Crippen LogP contribution in [0.2, 0.25) is 0 Å². The standard InChI is InChI=1S/C20H24F5N3/c1-4-6-12(2)28-8-5-7-13-9-14(15(19(21)22)10-17(13)28)16-11-27(3)26-18(16)20(23,24)25/h9-12,19H,4-8H2,1-3H3. The molecular weight excluding hydrogens is 377 g/mol. The Bertz CT molecular complexity index is 841. The van der Waals surface area contributed by atoms with E-state index < -0.39 is 18.3 Å². The fourth-order valence-electron chi connectivity index (χ4n) is 4.02. The first-order chi connectivity index (χ1) is 13.1.